The Labute approximate surface area is 687 Å². The van der Waals surface area contributed by atoms with Crippen molar-refractivity contribution in [1.82, 2.24) is 59.1 Å². The lowest BCUT2D eigenvalue weighted by molar-refractivity contribution is -0.245. The van der Waals surface area contributed by atoms with Crippen molar-refractivity contribution in [3.8, 4) is 28.9 Å². The first-order valence-electron chi connectivity index (χ1n) is 32.9. The van der Waals surface area contributed by atoms with Gasteiger partial charge in [-0.05, 0) is 201 Å². The van der Waals surface area contributed by atoms with Gasteiger partial charge < -0.3 is 47.2 Å². The van der Waals surface area contributed by atoms with Gasteiger partial charge in [-0.1, -0.05) is 47.4 Å². The maximum absolute atomic E-state index is 12.9. The molecule has 11 heterocycles. The number of hydrogen-bond donors (Lipinski definition) is 1. The quantitative estimate of drug-likeness (QED) is 0.0802. The Morgan fingerprint density at radius 3 is 1.00 bits per heavy atom. The van der Waals surface area contributed by atoms with Crippen LogP contribution in [0.5, 0.6) is 17.6 Å². The molecule has 22 nitrogen and oxygen atoms in total. The molecular weight excluding hydrogens is 1760 g/mol. The van der Waals surface area contributed by atoms with Crippen LogP contribution in [0.1, 0.15) is 180 Å². The average Bonchev–Trinajstić information content (AvgIpc) is 1.60. The zero-order chi connectivity index (χ0) is 86.7. The molecule has 47 heteroatoms. The van der Waals surface area contributed by atoms with Gasteiger partial charge in [0.1, 0.15) is 5.15 Å². The molecule has 0 radical (unpaired) electrons. The van der Waals surface area contributed by atoms with Crippen molar-refractivity contribution in [1.29, 1.82) is 0 Å². The molecule has 8 aromatic heterocycles. The highest BCUT2D eigenvalue weighted by atomic mass is 79.9. The standard InChI is InChI=1S/C15H21BF3NO3.C15H11F6N5O.C12H24B2O4.C9H9BrF3NO.C6H2ClF3N4.C5H3BrFN.C4H7F3O.4CH4/c1-12(2)13(3,4)23-16(22-12)10-7-8-11(20-9-10)21-14(5,6)15(17,18)19;1-13(2,15(19,20)21)27-11-4-3-8(5-23-11)9-7-26-10(6-22-9)24-25-12(26)14(16,17)18;1-9(2)10(3,4)16-13(15-9)14-17-11(5,6)12(7,8)18-14;1-8(2,9(11,12)13)15-7-4-3-6(10)5-14-7;7-3-2-14-4(1-11-3)12-13-5(14)6(8,9)10;6-4-1-2-5(7)8-3-4;1-3(2,8)4(5,6)7;;;;/h7-9H,1-6H3;3-7H,1-2H3;1-8H3;3-5H,1-2H3;1-2H;1-3H;8H,1-2H3;4*1H4. The van der Waals surface area contributed by atoms with Crippen LogP contribution >= 0.6 is 43.5 Å². The summed E-state index contributed by atoms with van der Waals surface area (Å²) in [6.45, 7) is 30.8. The maximum Gasteiger partial charge on any atom is 0.496 e. The second-order valence-electron chi connectivity index (χ2n) is 29.6. The van der Waals surface area contributed by atoms with Gasteiger partial charge in [-0.15, -0.1) is 20.4 Å². The van der Waals surface area contributed by atoms with Crippen LogP contribution in [-0.2, 0) is 40.3 Å². The molecule has 0 spiro atoms. The summed E-state index contributed by atoms with van der Waals surface area (Å²) in [5.41, 5.74) is -11.1. The molecule has 3 aliphatic rings. The number of fused-ring (bicyclic) bond motifs is 2. The zero-order valence-electron chi connectivity index (χ0n) is 63.8. The lowest BCUT2D eigenvalue weighted by atomic mass is 9.49. The Hall–Kier alpha value is -7.07. The second kappa shape index (κ2) is 38.8. The van der Waals surface area contributed by atoms with Crippen molar-refractivity contribution < 1.29 is 131 Å². The van der Waals surface area contributed by atoms with Crippen molar-refractivity contribution in [3.63, 3.8) is 0 Å². The molecule has 656 valence electrons. The van der Waals surface area contributed by atoms with E-state index in [0.717, 1.165) is 85.8 Å². The maximum atomic E-state index is 12.9. The summed E-state index contributed by atoms with van der Waals surface area (Å²) in [6.07, 6.45) is -17.7. The van der Waals surface area contributed by atoms with Crippen LogP contribution in [-0.4, -0.2) is 166 Å². The molecule has 8 aromatic rings. The number of aliphatic hydroxyl groups is 1. The minimum absolute atomic E-state index is 0. The number of hydrogen-bond acceptors (Lipinski definition) is 20. The Morgan fingerprint density at radius 2 is 0.709 bits per heavy atom. The minimum Gasteiger partial charge on any atom is -0.462 e. The van der Waals surface area contributed by atoms with Crippen molar-refractivity contribution >= 4 is 81.4 Å². The lowest BCUT2D eigenvalue weighted by Gasteiger charge is -2.32. The van der Waals surface area contributed by atoms with Gasteiger partial charge in [0.05, 0.1) is 51.7 Å². The highest BCUT2D eigenvalue weighted by molar-refractivity contribution is 9.10. The van der Waals surface area contributed by atoms with E-state index >= 15 is 0 Å². The van der Waals surface area contributed by atoms with E-state index in [1.165, 1.54) is 48.9 Å². The molecular formula is C70H93B3Br2ClF19N12O10. The number of rotatable bonds is 9. The monoisotopic (exact) mass is 1850 g/mol. The third kappa shape index (κ3) is 28.5. The average molecular weight is 1850 g/mol. The minimum atomic E-state index is -4.71. The highest BCUT2D eigenvalue weighted by Gasteiger charge is 2.64. The largest absolute Gasteiger partial charge is 0.496 e. The summed E-state index contributed by atoms with van der Waals surface area (Å²) in [4.78, 5) is 22.3. The second-order valence-corrected chi connectivity index (χ2v) is 31.9. The van der Waals surface area contributed by atoms with E-state index in [1.54, 1.807) is 18.2 Å². The van der Waals surface area contributed by atoms with Crippen LogP contribution in [0.4, 0.5) is 83.4 Å². The highest BCUT2D eigenvalue weighted by Crippen LogP contribution is 2.45. The van der Waals surface area contributed by atoms with Gasteiger partial charge in [0.15, 0.2) is 33.7 Å². The van der Waals surface area contributed by atoms with Gasteiger partial charge >= 0.3 is 58.2 Å². The Balaban J connectivity index is 0.000000702. The predicted molar refractivity (Wildman–Crippen MR) is 407 cm³/mol. The van der Waals surface area contributed by atoms with Crippen molar-refractivity contribution in [2.24, 2.45) is 0 Å². The fourth-order valence-electron chi connectivity index (χ4n) is 8.02. The van der Waals surface area contributed by atoms with Crippen LogP contribution in [0.25, 0.3) is 22.6 Å². The molecule has 0 unspecified atom stereocenters. The zero-order valence-corrected chi connectivity index (χ0v) is 67.7. The molecule has 3 fully saturated rings. The van der Waals surface area contributed by atoms with E-state index in [0.29, 0.717) is 23.8 Å². The molecule has 0 aliphatic carbocycles. The van der Waals surface area contributed by atoms with Gasteiger partial charge in [0, 0.05) is 69.3 Å². The summed E-state index contributed by atoms with van der Waals surface area (Å²) in [6, 6.07) is 11.3. The molecule has 117 heavy (non-hydrogen) atoms. The first-order valence-corrected chi connectivity index (χ1v) is 34.9. The molecule has 1 N–H and O–H groups in total. The fraction of sp³-hybridized carbons (Fsp3) is 0.571. The van der Waals surface area contributed by atoms with Gasteiger partial charge in [-0.2, -0.15) is 83.4 Å². The smallest absolute Gasteiger partial charge is 0.462 e. The predicted octanol–water partition coefficient (Wildman–Crippen LogP) is 20.5. The van der Waals surface area contributed by atoms with Crippen LogP contribution < -0.4 is 19.7 Å². The fourth-order valence-corrected chi connectivity index (χ4v) is 8.63. The van der Waals surface area contributed by atoms with Crippen LogP contribution in [0.15, 0.2) is 107 Å². The summed E-state index contributed by atoms with van der Waals surface area (Å²) in [5, 5.41) is 20.9. The van der Waals surface area contributed by atoms with Crippen LogP contribution in [0.3, 0.4) is 0 Å². The molecule has 11 rings (SSSR count). The Kier molecular flexibility index (Phi) is 35.8. The lowest BCUT2D eigenvalue weighted by Crippen LogP contribution is -2.45. The van der Waals surface area contributed by atoms with Crippen molar-refractivity contribution in [2.45, 2.75) is 261 Å². The molecule has 0 aromatic carbocycles. The molecule has 3 aliphatic heterocycles. The Bertz CT molecular complexity index is 4330. The number of alkyl halides is 18. The number of aromatic nitrogens is 12. The molecule has 0 saturated carbocycles. The van der Waals surface area contributed by atoms with Gasteiger partial charge in [0.2, 0.25) is 35.2 Å². The van der Waals surface area contributed by atoms with E-state index in [4.69, 9.17) is 58.8 Å². The third-order valence-corrected chi connectivity index (χ3v) is 18.5. The topological polar surface area (TPSA) is 241 Å². The molecule has 0 bridgehead atoms. The van der Waals surface area contributed by atoms with Crippen molar-refractivity contribution in [3.05, 3.63) is 130 Å². The summed E-state index contributed by atoms with van der Waals surface area (Å²) in [7, 11) is -1.57. The van der Waals surface area contributed by atoms with E-state index in [-0.39, 0.29) is 97.5 Å². The first kappa shape index (κ1) is 108. The van der Waals surface area contributed by atoms with Gasteiger partial charge in [-0.3, -0.25) is 13.8 Å². The molecule has 0 amide bonds. The van der Waals surface area contributed by atoms with Crippen molar-refractivity contribution in [2.75, 3.05) is 0 Å². The Morgan fingerprint density at radius 1 is 0.393 bits per heavy atom. The first-order chi connectivity index (χ1) is 50.8. The summed E-state index contributed by atoms with van der Waals surface area (Å²) in [5.74, 6) is -3.23. The van der Waals surface area contributed by atoms with E-state index in [2.05, 4.69) is 82.2 Å². The van der Waals surface area contributed by atoms with Gasteiger partial charge in [0.25, 0.3) is 0 Å². The van der Waals surface area contributed by atoms with E-state index in [1.807, 2.05) is 83.1 Å². The molecule has 0 atom stereocenters. The number of ether oxygens (including phenoxy) is 3. The number of halogens is 22. The number of pyridine rings is 4. The van der Waals surface area contributed by atoms with E-state index in [9.17, 15) is 83.4 Å². The van der Waals surface area contributed by atoms with E-state index < -0.39 is 109 Å². The summed E-state index contributed by atoms with van der Waals surface area (Å²) >= 11 is 11.7. The SMILES string of the molecule is C.C.C.C.CC(C)(O)C(F)(F)F.CC(C)(Oc1ccc(-c2cn3c(C(F)(F)F)nnc3cn2)cn1)C(F)(F)F.CC(C)(Oc1ccc(B2OC(C)(C)C(C)(C)O2)cn1)C(F)(F)F.CC(C)(Oc1ccc(Br)cn1)C(F)(F)F.CC1(C)OB(B2OC(C)(C)C(C)(C)O2)OC1(C)C.FC(F)(F)c1nnc2cnc(Cl)cn12.Fc1ccc(Br)cn1. The summed E-state index contributed by atoms with van der Waals surface area (Å²) < 4.78 is 289. The van der Waals surface area contributed by atoms with Gasteiger partial charge in [-0.25, -0.2) is 24.9 Å². The third-order valence-electron chi connectivity index (χ3n) is 17.4. The normalized spacial score (nSPS) is 16.7. The molecule has 3 saturated heterocycles. The van der Waals surface area contributed by atoms with Crippen LogP contribution in [0.2, 0.25) is 5.15 Å². The van der Waals surface area contributed by atoms with Crippen LogP contribution in [0, 0.1) is 5.95 Å². The number of nitrogens with zero attached hydrogens (tertiary/aromatic N) is 12.